The summed E-state index contributed by atoms with van der Waals surface area (Å²) in [5.41, 5.74) is 2.91. The number of hydrogen-bond donors (Lipinski definition) is 2. The Bertz CT molecular complexity index is 1100. The van der Waals surface area contributed by atoms with E-state index in [9.17, 15) is 14.0 Å². The third-order valence-corrected chi connectivity index (χ3v) is 5.81. The number of benzene rings is 2. The molecule has 2 aromatic carbocycles. The number of aryl methyl sites for hydroxylation is 1. The van der Waals surface area contributed by atoms with Crippen LogP contribution in [0.2, 0.25) is 0 Å². The Balaban J connectivity index is 1.59. The van der Waals surface area contributed by atoms with Crippen LogP contribution in [0.25, 0.3) is 0 Å². The van der Waals surface area contributed by atoms with E-state index < -0.39 is 11.7 Å². The van der Waals surface area contributed by atoms with Crippen molar-refractivity contribution in [3.05, 3.63) is 70.8 Å². The predicted octanol–water partition coefficient (Wildman–Crippen LogP) is 3.71. The molecule has 0 atom stereocenters. The normalized spacial score (nSPS) is 10.7. The lowest BCUT2D eigenvalue weighted by Crippen LogP contribution is -2.25. The zero-order valence-corrected chi connectivity index (χ0v) is 18.4. The van der Waals surface area contributed by atoms with Crippen molar-refractivity contribution in [1.29, 1.82) is 0 Å². The number of amides is 2. The summed E-state index contributed by atoms with van der Waals surface area (Å²) in [6, 6.07) is 11.6. The zero-order chi connectivity index (χ0) is 22.4. The first-order valence-corrected chi connectivity index (χ1v) is 10.8. The van der Waals surface area contributed by atoms with Crippen LogP contribution in [0.5, 0.6) is 0 Å². The fourth-order valence-corrected chi connectivity index (χ4v) is 3.80. The molecular formula is C22H24FN5O2S. The van der Waals surface area contributed by atoms with Gasteiger partial charge < -0.3 is 15.2 Å². The van der Waals surface area contributed by atoms with Crippen LogP contribution in [0.1, 0.15) is 34.2 Å². The average molecular weight is 442 g/mol. The Labute approximate surface area is 184 Å². The van der Waals surface area contributed by atoms with Crippen molar-refractivity contribution in [2.75, 3.05) is 11.1 Å². The van der Waals surface area contributed by atoms with E-state index >= 15 is 0 Å². The SMILES string of the molecule is CCn1c(CNC(=O)c2ccccc2F)nnc1SCC(=O)Nc1cccc(C)c1C. The molecule has 0 saturated heterocycles. The van der Waals surface area contributed by atoms with Crippen molar-refractivity contribution in [2.24, 2.45) is 0 Å². The van der Waals surface area contributed by atoms with Crippen molar-refractivity contribution < 1.29 is 14.0 Å². The summed E-state index contributed by atoms with van der Waals surface area (Å²) < 4.78 is 15.6. The molecule has 9 heteroatoms. The van der Waals surface area contributed by atoms with Gasteiger partial charge in [-0.05, 0) is 50.1 Å². The lowest BCUT2D eigenvalue weighted by atomic mass is 10.1. The van der Waals surface area contributed by atoms with Crippen LogP contribution in [0, 0.1) is 19.7 Å². The van der Waals surface area contributed by atoms with Gasteiger partial charge in [-0.1, -0.05) is 36.0 Å². The number of rotatable bonds is 8. The van der Waals surface area contributed by atoms with Gasteiger partial charge in [-0.3, -0.25) is 9.59 Å². The Morgan fingerprint density at radius 1 is 1.10 bits per heavy atom. The van der Waals surface area contributed by atoms with Crippen LogP contribution >= 0.6 is 11.8 Å². The summed E-state index contributed by atoms with van der Waals surface area (Å²) in [4.78, 5) is 24.6. The third kappa shape index (κ3) is 5.49. The van der Waals surface area contributed by atoms with Crippen LogP contribution in [0.4, 0.5) is 10.1 Å². The van der Waals surface area contributed by atoms with Gasteiger partial charge in [-0.15, -0.1) is 10.2 Å². The molecule has 1 heterocycles. The molecule has 0 aliphatic heterocycles. The van der Waals surface area contributed by atoms with Crippen molar-refractivity contribution >= 4 is 29.3 Å². The number of aromatic nitrogens is 3. The number of nitrogens with zero attached hydrogens (tertiary/aromatic N) is 3. The zero-order valence-electron chi connectivity index (χ0n) is 17.6. The molecule has 162 valence electrons. The number of hydrogen-bond acceptors (Lipinski definition) is 5. The Hall–Kier alpha value is -3.20. The van der Waals surface area contributed by atoms with E-state index in [1.54, 1.807) is 6.07 Å². The van der Waals surface area contributed by atoms with Gasteiger partial charge in [0.05, 0.1) is 17.9 Å². The van der Waals surface area contributed by atoms with E-state index in [2.05, 4.69) is 20.8 Å². The van der Waals surface area contributed by atoms with Crippen LogP contribution in [0.3, 0.4) is 0 Å². The van der Waals surface area contributed by atoms with Gasteiger partial charge >= 0.3 is 0 Å². The second-order valence-corrected chi connectivity index (χ2v) is 7.83. The number of halogens is 1. The quantitative estimate of drug-likeness (QED) is 0.520. The first-order valence-electron chi connectivity index (χ1n) is 9.84. The summed E-state index contributed by atoms with van der Waals surface area (Å²) in [6.45, 7) is 6.55. The first kappa shape index (κ1) is 22.5. The second-order valence-electron chi connectivity index (χ2n) is 6.89. The molecular weight excluding hydrogens is 417 g/mol. The van der Waals surface area contributed by atoms with Crippen LogP contribution in [-0.2, 0) is 17.9 Å². The van der Waals surface area contributed by atoms with Gasteiger partial charge in [0, 0.05) is 12.2 Å². The molecule has 0 aliphatic rings. The molecule has 3 aromatic rings. The van der Waals surface area contributed by atoms with Crippen LogP contribution in [-0.4, -0.2) is 32.3 Å². The molecule has 3 rings (SSSR count). The van der Waals surface area contributed by atoms with Crippen molar-refractivity contribution in [1.82, 2.24) is 20.1 Å². The van der Waals surface area contributed by atoms with E-state index in [0.717, 1.165) is 16.8 Å². The lowest BCUT2D eigenvalue weighted by molar-refractivity contribution is -0.113. The van der Waals surface area contributed by atoms with Gasteiger partial charge in [0.15, 0.2) is 11.0 Å². The van der Waals surface area contributed by atoms with Gasteiger partial charge in [0.2, 0.25) is 5.91 Å². The molecule has 7 nitrogen and oxygen atoms in total. The summed E-state index contributed by atoms with van der Waals surface area (Å²) in [5.74, 6) is -0.537. The summed E-state index contributed by atoms with van der Waals surface area (Å²) in [6.07, 6.45) is 0. The molecule has 0 saturated carbocycles. The monoisotopic (exact) mass is 441 g/mol. The number of nitrogens with one attached hydrogen (secondary N) is 2. The molecule has 2 N–H and O–H groups in total. The van der Waals surface area contributed by atoms with Crippen LogP contribution in [0.15, 0.2) is 47.6 Å². The fraction of sp³-hybridized carbons (Fsp3) is 0.273. The van der Waals surface area contributed by atoms with Gasteiger partial charge in [0.25, 0.3) is 5.91 Å². The highest BCUT2D eigenvalue weighted by Gasteiger charge is 2.16. The molecule has 0 unspecified atom stereocenters. The maximum atomic E-state index is 13.8. The molecule has 2 amide bonds. The molecule has 0 aliphatic carbocycles. The van der Waals surface area contributed by atoms with Gasteiger partial charge in [-0.25, -0.2) is 4.39 Å². The lowest BCUT2D eigenvalue weighted by Gasteiger charge is -2.11. The molecule has 1 aromatic heterocycles. The third-order valence-electron chi connectivity index (χ3n) is 4.85. The van der Waals surface area contributed by atoms with E-state index in [1.807, 2.05) is 43.5 Å². The Morgan fingerprint density at radius 3 is 2.61 bits per heavy atom. The van der Waals surface area contributed by atoms with Gasteiger partial charge in [0.1, 0.15) is 5.82 Å². The molecule has 0 radical (unpaired) electrons. The van der Waals surface area contributed by atoms with Crippen LogP contribution < -0.4 is 10.6 Å². The Morgan fingerprint density at radius 2 is 1.87 bits per heavy atom. The molecule has 0 fully saturated rings. The number of carbonyl (C=O) groups is 2. The minimum absolute atomic E-state index is 0.0252. The summed E-state index contributed by atoms with van der Waals surface area (Å²) in [7, 11) is 0. The fourth-order valence-electron chi connectivity index (χ4n) is 2.98. The van der Waals surface area contributed by atoms with Crippen molar-refractivity contribution in [3.8, 4) is 0 Å². The number of thioether (sulfide) groups is 1. The first-order chi connectivity index (χ1) is 14.9. The van der Waals surface area contributed by atoms with E-state index in [0.29, 0.717) is 17.5 Å². The summed E-state index contributed by atoms with van der Waals surface area (Å²) in [5, 5.41) is 14.4. The smallest absolute Gasteiger partial charge is 0.254 e. The maximum absolute atomic E-state index is 13.8. The highest BCUT2D eigenvalue weighted by atomic mass is 32.2. The minimum Gasteiger partial charge on any atom is -0.345 e. The largest absolute Gasteiger partial charge is 0.345 e. The second kappa shape index (κ2) is 10.2. The highest BCUT2D eigenvalue weighted by Crippen LogP contribution is 2.20. The average Bonchev–Trinajstić information content (AvgIpc) is 3.16. The maximum Gasteiger partial charge on any atom is 0.254 e. The van der Waals surface area contributed by atoms with E-state index in [4.69, 9.17) is 0 Å². The van der Waals surface area contributed by atoms with E-state index in [1.165, 1.54) is 30.0 Å². The van der Waals surface area contributed by atoms with E-state index in [-0.39, 0.29) is 23.8 Å². The molecule has 31 heavy (non-hydrogen) atoms. The van der Waals surface area contributed by atoms with Gasteiger partial charge in [-0.2, -0.15) is 0 Å². The summed E-state index contributed by atoms with van der Waals surface area (Å²) >= 11 is 1.27. The molecule has 0 bridgehead atoms. The predicted molar refractivity (Wildman–Crippen MR) is 119 cm³/mol. The van der Waals surface area contributed by atoms with Crippen molar-refractivity contribution in [2.45, 2.75) is 39.0 Å². The number of anilines is 1. The van der Waals surface area contributed by atoms with Crippen molar-refractivity contribution in [3.63, 3.8) is 0 Å². The highest BCUT2D eigenvalue weighted by molar-refractivity contribution is 7.99. The molecule has 0 spiro atoms. The topological polar surface area (TPSA) is 88.9 Å². The minimum atomic E-state index is -0.580. The number of carbonyl (C=O) groups excluding carboxylic acids is 2. The Kier molecular flexibility index (Phi) is 7.41. The standard InChI is InChI=1S/C22H24FN5O2S/c1-4-28-19(12-24-21(30)16-9-5-6-10-17(16)23)26-27-22(28)31-13-20(29)25-18-11-7-8-14(2)15(18)3/h5-11H,4,12-13H2,1-3H3,(H,24,30)(H,25,29).